The second kappa shape index (κ2) is 5.59. The van der Waals surface area contributed by atoms with Crippen LogP contribution in [0.4, 0.5) is 0 Å². The highest BCUT2D eigenvalue weighted by atomic mass is 35.5. The van der Waals surface area contributed by atoms with Crippen LogP contribution in [0.25, 0.3) is 0 Å². The van der Waals surface area contributed by atoms with Gasteiger partial charge < -0.3 is 9.84 Å². The number of benzene rings is 1. The summed E-state index contributed by atoms with van der Waals surface area (Å²) in [5, 5.41) is 7.15. The molecule has 0 aliphatic carbocycles. The molecule has 0 saturated heterocycles. The number of hydrogen-bond donors (Lipinski definition) is 1. The van der Waals surface area contributed by atoms with Crippen LogP contribution in [0, 0.1) is 6.92 Å². The van der Waals surface area contributed by atoms with Crippen LogP contribution in [0.5, 0.6) is 0 Å². The zero-order valence-electron chi connectivity index (χ0n) is 10.3. The highest BCUT2D eigenvalue weighted by molar-refractivity contribution is 6.35. The van der Waals surface area contributed by atoms with Crippen molar-refractivity contribution < 1.29 is 9.32 Å². The number of aromatic nitrogens is 2. The van der Waals surface area contributed by atoms with E-state index in [2.05, 4.69) is 15.5 Å². The van der Waals surface area contributed by atoms with E-state index in [9.17, 15) is 4.79 Å². The summed E-state index contributed by atoms with van der Waals surface area (Å²) in [5.41, 5.74) is 0.303. The van der Waals surface area contributed by atoms with Crippen LogP contribution in [0.2, 0.25) is 10.0 Å². The monoisotopic (exact) mass is 299 g/mol. The molecular formula is C12H11Cl2N3O2. The first-order valence-electron chi connectivity index (χ1n) is 5.53. The topological polar surface area (TPSA) is 68.0 Å². The highest BCUT2D eigenvalue weighted by Crippen LogP contribution is 2.21. The second-order valence-corrected chi connectivity index (χ2v) is 4.84. The van der Waals surface area contributed by atoms with Crippen molar-refractivity contribution in [2.45, 2.75) is 19.9 Å². The molecule has 7 heteroatoms. The van der Waals surface area contributed by atoms with Crippen LogP contribution in [0.15, 0.2) is 22.7 Å². The van der Waals surface area contributed by atoms with Crippen LogP contribution in [0.1, 0.15) is 35.0 Å². The molecule has 0 aliphatic heterocycles. The number of aryl methyl sites for hydroxylation is 1. The van der Waals surface area contributed by atoms with Crippen molar-refractivity contribution in [3.63, 3.8) is 0 Å². The van der Waals surface area contributed by atoms with Gasteiger partial charge in [0.2, 0.25) is 5.89 Å². The van der Waals surface area contributed by atoms with Crippen molar-refractivity contribution in [3.05, 3.63) is 45.5 Å². The predicted octanol–water partition coefficient (Wildman–Crippen LogP) is 3.18. The Morgan fingerprint density at radius 3 is 2.79 bits per heavy atom. The van der Waals surface area contributed by atoms with Crippen LogP contribution >= 0.6 is 23.2 Å². The maximum absolute atomic E-state index is 12.1. The predicted molar refractivity (Wildman–Crippen MR) is 71.4 cm³/mol. The van der Waals surface area contributed by atoms with E-state index in [0.717, 1.165) is 0 Å². The molecule has 1 atom stereocenters. The van der Waals surface area contributed by atoms with Crippen LogP contribution in [0.3, 0.4) is 0 Å². The number of rotatable bonds is 3. The molecule has 0 aliphatic rings. The maximum Gasteiger partial charge on any atom is 0.253 e. The van der Waals surface area contributed by atoms with Gasteiger partial charge in [-0.05, 0) is 32.0 Å². The molecule has 1 amide bonds. The Labute approximate surface area is 119 Å². The molecule has 1 aromatic carbocycles. The summed E-state index contributed by atoms with van der Waals surface area (Å²) in [7, 11) is 0. The lowest BCUT2D eigenvalue weighted by Gasteiger charge is -2.10. The average Bonchev–Trinajstić information content (AvgIpc) is 2.79. The first-order chi connectivity index (χ1) is 8.97. The Kier molecular flexibility index (Phi) is 4.07. The summed E-state index contributed by atoms with van der Waals surface area (Å²) in [5.74, 6) is 0.497. The molecule has 1 heterocycles. The van der Waals surface area contributed by atoms with E-state index in [1.54, 1.807) is 26.0 Å². The molecule has 100 valence electrons. The van der Waals surface area contributed by atoms with Gasteiger partial charge in [-0.3, -0.25) is 4.79 Å². The summed E-state index contributed by atoms with van der Waals surface area (Å²) in [6.07, 6.45) is 0. The molecule has 1 aromatic heterocycles. The van der Waals surface area contributed by atoms with Gasteiger partial charge in [0.05, 0.1) is 10.6 Å². The molecule has 0 unspecified atom stereocenters. The third-order valence-electron chi connectivity index (χ3n) is 2.43. The largest absolute Gasteiger partial charge is 0.340 e. The van der Waals surface area contributed by atoms with E-state index < -0.39 is 6.04 Å². The lowest BCUT2D eigenvalue weighted by molar-refractivity contribution is 0.0932. The van der Waals surface area contributed by atoms with Crippen molar-refractivity contribution in [1.82, 2.24) is 15.5 Å². The Morgan fingerprint density at radius 1 is 1.42 bits per heavy atom. The molecule has 0 saturated carbocycles. The summed E-state index contributed by atoms with van der Waals surface area (Å²) >= 11 is 11.8. The lowest BCUT2D eigenvalue weighted by Crippen LogP contribution is -2.27. The molecule has 2 rings (SSSR count). The molecule has 0 radical (unpaired) electrons. The fraction of sp³-hybridized carbons (Fsp3) is 0.250. The molecule has 1 N–H and O–H groups in total. The number of halogens is 2. The summed E-state index contributed by atoms with van der Waals surface area (Å²) in [4.78, 5) is 16.1. The quantitative estimate of drug-likeness (QED) is 0.945. The molecule has 0 spiro atoms. The van der Waals surface area contributed by atoms with Gasteiger partial charge in [-0.2, -0.15) is 4.98 Å². The Hall–Kier alpha value is -1.59. The number of nitrogens with zero attached hydrogens (tertiary/aromatic N) is 2. The molecule has 0 bridgehead atoms. The SMILES string of the molecule is Cc1noc([C@@H](C)NC(=O)c2cc(Cl)ccc2Cl)n1. The average molecular weight is 300 g/mol. The molecular weight excluding hydrogens is 289 g/mol. The van der Waals surface area contributed by atoms with Gasteiger partial charge in [-0.1, -0.05) is 28.4 Å². The van der Waals surface area contributed by atoms with Crippen LogP contribution < -0.4 is 5.32 Å². The molecule has 0 fully saturated rings. The van der Waals surface area contributed by atoms with E-state index in [1.165, 1.54) is 6.07 Å². The van der Waals surface area contributed by atoms with Gasteiger partial charge >= 0.3 is 0 Å². The minimum absolute atomic E-state index is 0.303. The first-order valence-corrected chi connectivity index (χ1v) is 6.29. The fourth-order valence-electron chi connectivity index (χ4n) is 1.50. The highest BCUT2D eigenvalue weighted by Gasteiger charge is 2.18. The number of carbonyl (C=O) groups is 1. The zero-order valence-corrected chi connectivity index (χ0v) is 11.8. The van der Waals surface area contributed by atoms with Gasteiger partial charge in [-0.15, -0.1) is 0 Å². The van der Waals surface area contributed by atoms with Crippen molar-refractivity contribution in [3.8, 4) is 0 Å². The van der Waals surface area contributed by atoms with E-state index >= 15 is 0 Å². The van der Waals surface area contributed by atoms with Crippen molar-refractivity contribution in [2.24, 2.45) is 0 Å². The molecule has 5 nitrogen and oxygen atoms in total. The number of amides is 1. The smallest absolute Gasteiger partial charge is 0.253 e. The summed E-state index contributed by atoms with van der Waals surface area (Å²) in [6, 6.07) is 4.28. The third-order valence-corrected chi connectivity index (χ3v) is 3.00. The number of carbonyl (C=O) groups excluding carboxylic acids is 1. The fourth-order valence-corrected chi connectivity index (χ4v) is 1.87. The van der Waals surface area contributed by atoms with Crippen molar-refractivity contribution in [2.75, 3.05) is 0 Å². The maximum atomic E-state index is 12.1. The summed E-state index contributed by atoms with van der Waals surface area (Å²) < 4.78 is 4.98. The number of nitrogens with one attached hydrogen (secondary N) is 1. The van der Waals surface area contributed by atoms with Gasteiger partial charge in [-0.25, -0.2) is 0 Å². The normalized spacial score (nSPS) is 12.2. The lowest BCUT2D eigenvalue weighted by atomic mass is 10.2. The zero-order chi connectivity index (χ0) is 14.0. The van der Waals surface area contributed by atoms with Crippen molar-refractivity contribution >= 4 is 29.1 Å². The Morgan fingerprint density at radius 2 is 2.16 bits per heavy atom. The Bertz CT molecular complexity index is 613. The van der Waals surface area contributed by atoms with Gasteiger partial charge in [0, 0.05) is 5.02 Å². The van der Waals surface area contributed by atoms with E-state index in [1.807, 2.05) is 0 Å². The minimum Gasteiger partial charge on any atom is -0.340 e. The van der Waals surface area contributed by atoms with E-state index in [4.69, 9.17) is 27.7 Å². The van der Waals surface area contributed by atoms with Crippen LogP contribution in [-0.4, -0.2) is 16.0 Å². The molecule has 2 aromatic rings. The van der Waals surface area contributed by atoms with Gasteiger partial charge in [0.1, 0.15) is 6.04 Å². The number of hydrogen-bond acceptors (Lipinski definition) is 4. The standard InChI is InChI=1S/C12H11Cl2N3O2/c1-6(12-16-7(2)17-19-12)15-11(18)9-5-8(13)3-4-10(9)14/h3-6H,1-2H3,(H,15,18)/t6-/m1/s1. The van der Waals surface area contributed by atoms with Crippen LogP contribution in [-0.2, 0) is 0 Å². The van der Waals surface area contributed by atoms with E-state index in [-0.39, 0.29) is 5.91 Å². The first kappa shape index (κ1) is 13.8. The second-order valence-electron chi connectivity index (χ2n) is 4.00. The van der Waals surface area contributed by atoms with Gasteiger partial charge in [0.25, 0.3) is 5.91 Å². The minimum atomic E-state index is -0.413. The van der Waals surface area contributed by atoms with Gasteiger partial charge in [0.15, 0.2) is 5.82 Å². The molecule has 19 heavy (non-hydrogen) atoms. The Balaban J connectivity index is 2.15. The third kappa shape index (κ3) is 3.24. The summed E-state index contributed by atoms with van der Waals surface area (Å²) in [6.45, 7) is 3.44. The van der Waals surface area contributed by atoms with E-state index in [0.29, 0.717) is 27.3 Å². The van der Waals surface area contributed by atoms with Crippen molar-refractivity contribution in [1.29, 1.82) is 0 Å².